The van der Waals surface area contributed by atoms with Crippen LogP contribution in [0.2, 0.25) is 0 Å². The van der Waals surface area contributed by atoms with Crippen molar-refractivity contribution in [3.63, 3.8) is 0 Å². The van der Waals surface area contributed by atoms with Crippen LogP contribution in [0.1, 0.15) is 65.7 Å². The maximum atomic E-state index is 2.28. The minimum Gasteiger partial charge on any atom is -0.0845 e. The first-order valence-corrected chi connectivity index (χ1v) is 6.07. The second-order valence-corrected chi connectivity index (χ2v) is 4.23. The predicted molar refractivity (Wildman–Crippen MR) is 66.6 cm³/mol. The lowest BCUT2D eigenvalue weighted by Crippen LogP contribution is -1.77. The summed E-state index contributed by atoms with van der Waals surface area (Å²) >= 11 is 0. The van der Waals surface area contributed by atoms with Crippen LogP contribution >= 0.6 is 0 Å². The van der Waals surface area contributed by atoms with Gasteiger partial charge in [0.2, 0.25) is 0 Å². The van der Waals surface area contributed by atoms with Crippen LogP contribution in [0, 0.1) is 0 Å². The van der Waals surface area contributed by atoms with Gasteiger partial charge in [0.25, 0.3) is 0 Å². The summed E-state index contributed by atoms with van der Waals surface area (Å²) in [5, 5.41) is 0. The van der Waals surface area contributed by atoms with Gasteiger partial charge < -0.3 is 0 Å². The number of rotatable bonds is 8. The molecule has 0 rings (SSSR count). The Balaban J connectivity index is 3.13. The highest BCUT2D eigenvalue weighted by Crippen LogP contribution is 2.07. The van der Waals surface area contributed by atoms with Crippen molar-refractivity contribution in [3.8, 4) is 0 Å². The highest BCUT2D eigenvalue weighted by atomic mass is 13.9. The third kappa shape index (κ3) is 11.5. The maximum absolute atomic E-state index is 2.28. The van der Waals surface area contributed by atoms with Gasteiger partial charge in [-0.15, -0.1) is 0 Å². The summed E-state index contributed by atoms with van der Waals surface area (Å²) in [4.78, 5) is 0. The fourth-order valence-corrected chi connectivity index (χ4v) is 1.40. The summed E-state index contributed by atoms with van der Waals surface area (Å²) in [6.07, 6.45) is 16.3. The third-order valence-electron chi connectivity index (χ3n) is 2.29. The van der Waals surface area contributed by atoms with Gasteiger partial charge in [-0.1, -0.05) is 62.8 Å². The molecule has 0 aromatic heterocycles. The number of allylic oxidation sites excluding steroid dienone is 4. The van der Waals surface area contributed by atoms with Crippen LogP contribution in [0.4, 0.5) is 0 Å². The molecule has 0 N–H and O–H groups in total. The minimum absolute atomic E-state index is 1.25. The van der Waals surface area contributed by atoms with Gasteiger partial charge >= 0.3 is 0 Å². The van der Waals surface area contributed by atoms with Crippen LogP contribution in [-0.2, 0) is 0 Å². The molecule has 0 aliphatic carbocycles. The maximum Gasteiger partial charge on any atom is -0.0348 e. The lowest BCUT2D eigenvalue weighted by Gasteiger charge is -1.97. The lowest BCUT2D eigenvalue weighted by molar-refractivity contribution is 0.611. The van der Waals surface area contributed by atoms with Gasteiger partial charge in [0.15, 0.2) is 0 Å². The van der Waals surface area contributed by atoms with Crippen LogP contribution < -0.4 is 0 Å². The van der Waals surface area contributed by atoms with E-state index >= 15 is 0 Å². The molecular formula is C14H26. The first-order chi connectivity index (χ1) is 6.77. The number of unbranched alkanes of at least 4 members (excludes halogenated alkanes) is 6. The molecule has 0 heteroatoms. The Morgan fingerprint density at radius 3 is 2.21 bits per heavy atom. The molecule has 0 spiro atoms. The van der Waals surface area contributed by atoms with Gasteiger partial charge in [-0.3, -0.25) is 0 Å². The SMILES string of the molecule is CCCCCCCCC=CC=C(C)C. The van der Waals surface area contributed by atoms with E-state index in [9.17, 15) is 0 Å². The summed E-state index contributed by atoms with van der Waals surface area (Å²) in [6, 6.07) is 0. The lowest BCUT2D eigenvalue weighted by atomic mass is 10.1. The van der Waals surface area contributed by atoms with Crippen LogP contribution in [0.15, 0.2) is 23.8 Å². The first-order valence-electron chi connectivity index (χ1n) is 6.07. The molecule has 0 saturated heterocycles. The van der Waals surface area contributed by atoms with Crippen LogP contribution in [0.5, 0.6) is 0 Å². The highest BCUT2D eigenvalue weighted by Gasteiger charge is 1.87. The van der Waals surface area contributed by atoms with Crippen molar-refractivity contribution in [1.29, 1.82) is 0 Å². The Hall–Kier alpha value is -0.520. The molecule has 0 saturated carbocycles. The molecule has 14 heavy (non-hydrogen) atoms. The van der Waals surface area contributed by atoms with Crippen LogP contribution in [0.25, 0.3) is 0 Å². The van der Waals surface area contributed by atoms with E-state index in [2.05, 4.69) is 39.0 Å². The average molecular weight is 194 g/mol. The molecule has 0 fully saturated rings. The zero-order chi connectivity index (χ0) is 10.6. The summed E-state index contributed by atoms with van der Waals surface area (Å²) < 4.78 is 0. The topological polar surface area (TPSA) is 0 Å². The van der Waals surface area contributed by atoms with Crippen LogP contribution in [0.3, 0.4) is 0 Å². The van der Waals surface area contributed by atoms with Crippen molar-refractivity contribution >= 4 is 0 Å². The van der Waals surface area contributed by atoms with E-state index in [0.717, 1.165) is 0 Å². The molecule has 82 valence electrons. The van der Waals surface area contributed by atoms with E-state index in [1.807, 2.05) is 0 Å². The van der Waals surface area contributed by atoms with E-state index in [1.54, 1.807) is 0 Å². The molecule has 0 bridgehead atoms. The van der Waals surface area contributed by atoms with Gasteiger partial charge in [0.05, 0.1) is 0 Å². The van der Waals surface area contributed by atoms with Crippen molar-refractivity contribution in [3.05, 3.63) is 23.8 Å². The van der Waals surface area contributed by atoms with E-state index in [4.69, 9.17) is 0 Å². The van der Waals surface area contributed by atoms with E-state index < -0.39 is 0 Å². The summed E-state index contributed by atoms with van der Waals surface area (Å²) in [5.41, 5.74) is 1.38. The zero-order valence-electron chi connectivity index (χ0n) is 10.2. The summed E-state index contributed by atoms with van der Waals surface area (Å²) in [5.74, 6) is 0. The Morgan fingerprint density at radius 2 is 1.57 bits per heavy atom. The zero-order valence-corrected chi connectivity index (χ0v) is 10.2. The predicted octanol–water partition coefficient (Wildman–Crippen LogP) is 5.26. The van der Waals surface area contributed by atoms with Gasteiger partial charge in [0.1, 0.15) is 0 Å². The Kier molecular flexibility index (Phi) is 10.2. The molecule has 0 amide bonds. The average Bonchev–Trinajstić information content (AvgIpc) is 2.15. The first kappa shape index (κ1) is 13.5. The fourth-order valence-electron chi connectivity index (χ4n) is 1.40. The third-order valence-corrected chi connectivity index (χ3v) is 2.29. The fraction of sp³-hybridized carbons (Fsp3) is 0.714. The Bertz CT molecular complexity index is 159. The molecule has 0 aromatic rings. The normalized spacial score (nSPS) is 10.8. The number of hydrogen-bond donors (Lipinski definition) is 0. The van der Waals surface area contributed by atoms with Crippen molar-refractivity contribution < 1.29 is 0 Å². The van der Waals surface area contributed by atoms with Gasteiger partial charge in [-0.2, -0.15) is 0 Å². The van der Waals surface area contributed by atoms with E-state index in [0.29, 0.717) is 0 Å². The highest BCUT2D eigenvalue weighted by molar-refractivity contribution is 5.07. The molecule has 0 aliphatic heterocycles. The van der Waals surface area contributed by atoms with Crippen molar-refractivity contribution in [2.24, 2.45) is 0 Å². The number of hydrogen-bond acceptors (Lipinski definition) is 0. The molecule has 0 aromatic carbocycles. The minimum atomic E-state index is 1.25. The Morgan fingerprint density at radius 1 is 0.929 bits per heavy atom. The van der Waals surface area contributed by atoms with E-state index in [-0.39, 0.29) is 0 Å². The van der Waals surface area contributed by atoms with E-state index in [1.165, 1.54) is 50.5 Å². The molecular weight excluding hydrogens is 168 g/mol. The summed E-state index contributed by atoms with van der Waals surface area (Å²) in [6.45, 7) is 6.53. The molecule has 0 heterocycles. The second kappa shape index (κ2) is 10.6. The molecule has 0 radical (unpaired) electrons. The van der Waals surface area contributed by atoms with Gasteiger partial charge in [-0.05, 0) is 26.7 Å². The van der Waals surface area contributed by atoms with Crippen molar-refractivity contribution in [2.75, 3.05) is 0 Å². The monoisotopic (exact) mass is 194 g/mol. The molecule has 0 atom stereocenters. The standard InChI is InChI=1S/C14H26/c1-4-5-6-7-8-9-10-11-12-13-14(2)3/h11-13H,4-10H2,1-3H3. The van der Waals surface area contributed by atoms with Gasteiger partial charge in [0, 0.05) is 0 Å². The Labute approximate surface area is 90.1 Å². The largest absolute Gasteiger partial charge is 0.0845 e. The molecule has 0 unspecified atom stereocenters. The summed E-state index contributed by atoms with van der Waals surface area (Å²) in [7, 11) is 0. The quantitative estimate of drug-likeness (QED) is 0.365. The van der Waals surface area contributed by atoms with Crippen molar-refractivity contribution in [1.82, 2.24) is 0 Å². The van der Waals surface area contributed by atoms with Gasteiger partial charge in [-0.25, -0.2) is 0 Å². The second-order valence-electron chi connectivity index (χ2n) is 4.23. The van der Waals surface area contributed by atoms with Crippen molar-refractivity contribution in [2.45, 2.75) is 65.7 Å². The molecule has 0 aliphatic rings. The molecule has 0 nitrogen and oxygen atoms in total. The van der Waals surface area contributed by atoms with Crippen LogP contribution in [-0.4, -0.2) is 0 Å². The smallest absolute Gasteiger partial charge is 0.0348 e.